The van der Waals surface area contributed by atoms with Crippen LogP contribution in [0.4, 0.5) is 0 Å². The van der Waals surface area contributed by atoms with Crippen LogP contribution in [-0.4, -0.2) is 14.7 Å². The average Bonchev–Trinajstić information content (AvgIpc) is 2.88. The molecule has 0 fully saturated rings. The first-order valence-corrected chi connectivity index (χ1v) is 7.38. The van der Waals surface area contributed by atoms with Gasteiger partial charge in [0.25, 0.3) is 0 Å². The molecule has 0 spiro atoms. The number of para-hydroxylation sites is 2. The molecule has 0 aliphatic rings. The maximum Gasteiger partial charge on any atom is 0.139 e. The lowest BCUT2D eigenvalue weighted by atomic mass is 10.1. The standard InChI is InChI=1S/C18H20N2O/c1-3-17(21)18-19-15-10-6-7-11-16(15)20(18)12-14-9-5-4-8-13(14)2/h4-11,17,21H,3,12H2,1-2H3/t17-/m1/s1. The van der Waals surface area contributed by atoms with Gasteiger partial charge in [0.2, 0.25) is 0 Å². The first kappa shape index (κ1) is 13.8. The monoisotopic (exact) mass is 280 g/mol. The van der Waals surface area contributed by atoms with Crippen LogP contribution < -0.4 is 0 Å². The van der Waals surface area contributed by atoms with Crippen molar-refractivity contribution in [1.29, 1.82) is 0 Å². The van der Waals surface area contributed by atoms with Gasteiger partial charge in [-0.1, -0.05) is 43.3 Å². The molecule has 1 N–H and O–H groups in total. The summed E-state index contributed by atoms with van der Waals surface area (Å²) in [7, 11) is 0. The minimum Gasteiger partial charge on any atom is -0.385 e. The van der Waals surface area contributed by atoms with Crippen molar-refractivity contribution >= 4 is 11.0 Å². The predicted octanol–water partition coefficient (Wildman–Crippen LogP) is 3.84. The van der Waals surface area contributed by atoms with Crippen molar-refractivity contribution in [3.63, 3.8) is 0 Å². The SMILES string of the molecule is CC[C@@H](O)c1nc2ccccc2n1Cc1ccccc1C. The molecule has 0 radical (unpaired) electrons. The Kier molecular flexibility index (Phi) is 3.76. The van der Waals surface area contributed by atoms with Gasteiger partial charge in [0.05, 0.1) is 11.0 Å². The summed E-state index contributed by atoms with van der Waals surface area (Å²) in [5, 5.41) is 10.3. The molecule has 0 unspecified atom stereocenters. The van der Waals surface area contributed by atoms with E-state index in [0.29, 0.717) is 6.42 Å². The fraction of sp³-hybridized carbons (Fsp3) is 0.278. The number of hydrogen-bond acceptors (Lipinski definition) is 2. The van der Waals surface area contributed by atoms with E-state index < -0.39 is 6.10 Å². The largest absolute Gasteiger partial charge is 0.385 e. The summed E-state index contributed by atoms with van der Waals surface area (Å²) in [4.78, 5) is 4.62. The number of aryl methyl sites for hydroxylation is 1. The van der Waals surface area contributed by atoms with Crippen molar-refractivity contribution in [2.45, 2.75) is 32.9 Å². The van der Waals surface area contributed by atoms with Gasteiger partial charge >= 0.3 is 0 Å². The van der Waals surface area contributed by atoms with Gasteiger partial charge in [0.15, 0.2) is 0 Å². The van der Waals surface area contributed by atoms with E-state index in [0.717, 1.165) is 23.4 Å². The zero-order chi connectivity index (χ0) is 14.8. The van der Waals surface area contributed by atoms with E-state index >= 15 is 0 Å². The lowest BCUT2D eigenvalue weighted by molar-refractivity contribution is 0.160. The number of imidazole rings is 1. The number of fused-ring (bicyclic) bond motifs is 1. The minimum absolute atomic E-state index is 0.526. The molecular formula is C18H20N2O. The molecule has 1 heterocycles. The molecule has 3 nitrogen and oxygen atoms in total. The second kappa shape index (κ2) is 5.70. The Labute approximate surface area is 124 Å². The molecule has 3 aromatic rings. The van der Waals surface area contributed by atoms with E-state index in [1.54, 1.807) is 0 Å². The molecule has 0 bridgehead atoms. The molecule has 0 amide bonds. The van der Waals surface area contributed by atoms with E-state index in [2.05, 4.69) is 40.7 Å². The molecule has 108 valence electrons. The summed E-state index contributed by atoms with van der Waals surface area (Å²) >= 11 is 0. The Morgan fingerprint density at radius 3 is 2.57 bits per heavy atom. The van der Waals surface area contributed by atoms with Crippen LogP contribution >= 0.6 is 0 Å². The van der Waals surface area contributed by atoms with Gasteiger partial charge < -0.3 is 9.67 Å². The molecular weight excluding hydrogens is 260 g/mol. The molecule has 0 saturated carbocycles. The van der Waals surface area contributed by atoms with Crippen LogP contribution in [0.5, 0.6) is 0 Å². The highest BCUT2D eigenvalue weighted by molar-refractivity contribution is 5.76. The van der Waals surface area contributed by atoms with Crippen molar-refractivity contribution in [1.82, 2.24) is 9.55 Å². The molecule has 2 aromatic carbocycles. The number of hydrogen-bond donors (Lipinski definition) is 1. The fourth-order valence-electron chi connectivity index (χ4n) is 2.66. The highest BCUT2D eigenvalue weighted by Gasteiger charge is 2.17. The van der Waals surface area contributed by atoms with E-state index in [1.165, 1.54) is 11.1 Å². The predicted molar refractivity (Wildman–Crippen MR) is 85.3 cm³/mol. The number of nitrogens with zero attached hydrogens (tertiary/aromatic N) is 2. The van der Waals surface area contributed by atoms with Crippen molar-refractivity contribution in [2.24, 2.45) is 0 Å². The Bertz CT molecular complexity index is 761. The van der Waals surface area contributed by atoms with Gasteiger partial charge in [0.1, 0.15) is 11.9 Å². The van der Waals surface area contributed by atoms with Crippen molar-refractivity contribution in [2.75, 3.05) is 0 Å². The van der Waals surface area contributed by atoms with Crippen LogP contribution in [-0.2, 0) is 6.54 Å². The van der Waals surface area contributed by atoms with E-state index in [-0.39, 0.29) is 0 Å². The van der Waals surface area contributed by atoms with Gasteiger partial charge in [-0.2, -0.15) is 0 Å². The maximum atomic E-state index is 10.3. The highest BCUT2D eigenvalue weighted by atomic mass is 16.3. The zero-order valence-electron chi connectivity index (χ0n) is 12.5. The van der Waals surface area contributed by atoms with Crippen LogP contribution in [0, 0.1) is 6.92 Å². The third-order valence-electron chi connectivity index (χ3n) is 3.96. The van der Waals surface area contributed by atoms with E-state index in [9.17, 15) is 5.11 Å². The Morgan fingerprint density at radius 1 is 1.10 bits per heavy atom. The van der Waals surface area contributed by atoms with Gasteiger partial charge in [0, 0.05) is 6.54 Å². The summed E-state index contributed by atoms with van der Waals surface area (Å²) < 4.78 is 2.13. The number of rotatable bonds is 4. The van der Waals surface area contributed by atoms with Gasteiger partial charge in [-0.05, 0) is 36.6 Å². The molecule has 21 heavy (non-hydrogen) atoms. The third-order valence-corrected chi connectivity index (χ3v) is 3.96. The van der Waals surface area contributed by atoms with Gasteiger partial charge in [-0.3, -0.25) is 0 Å². The van der Waals surface area contributed by atoms with Crippen LogP contribution in [0.25, 0.3) is 11.0 Å². The average molecular weight is 280 g/mol. The molecule has 0 aliphatic carbocycles. The Hall–Kier alpha value is -2.13. The minimum atomic E-state index is -0.526. The summed E-state index contributed by atoms with van der Waals surface area (Å²) in [6.45, 7) is 4.83. The van der Waals surface area contributed by atoms with Crippen LogP contribution in [0.15, 0.2) is 48.5 Å². The molecule has 3 heteroatoms. The molecule has 3 rings (SSSR count). The molecule has 1 aromatic heterocycles. The molecule has 0 saturated heterocycles. The summed E-state index contributed by atoms with van der Waals surface area (Å²) in [5.74, 6) is 0.752. The van der Waals surface area contributed by atoms with Crippen LogP contribution in [0.3, 0.4) is 0 Å². The second-order valence-corrected chi connectivity index (χ2v) is 5.40. The van der Waals surface area contributed by atoms with E-state index in [1.807, 2.05) is 31.2 Å². The van der Waals surface area contributed by atoms with Gasteiger partial charge in [-0.15, -0.1) is 0 Å². The first-order valence-electron chi connectivity index (χ1n) is 7.38. The quantitative estimate of drug-likeness (QED) is 0.788. The smallest absolute Gasteiger partial charge is 0.139 e. The van der Waals surface area contributed by atoms with Crippen molar-refractivity contribution < 1.29 is 5.11 Å². The number of benzene rings is 2. The number of aliphatic hydroxyl groups excluding tert-OH is 1. The van der Waals surface area contributed by atoms with Crippen molar-refractivity contribution in [3.05, 3.63) is 65.5 Å². The van der Waals surface area contributed by atoms with Gasteiger partial charge in [-0.25, -0.2) is 4.98 Å². The normalized spacial score (nSPS) is 12.7. The Balaban J connectivity index is 2.13. The molecule has 0 aliphatic heterocycles. The van der Waals surface area contributed by atoms with Crippen molar-refractivity contribution in [3.8, 4) is 0 Å². The number of aromatic nitrogens is 2. The number of aliphatic hydroxyl groups is 1. The third kappa shape index (κ3) is 2.57. The van der Waals surface area contributed by atoms with E-state index in [4.69, 9.17) is 0 Å². The topological polar surface area (TPSA) is 38.1 Å². The zero-order valence-corrected chi connectivity index (χ0v) is 12.5. The summed E-state index contributed by atoms with van der Waals surface area (Å²) in [6.07, 6.45) is 0.137. The lowest BCUT2D eigenvalue weighted by Crippen LogP contribution is -2.10. The van der Waals surface area contributed by atoms with Crippen LogP contribution in [0.2, 0.25) is 0 Å². The summed E-state index contributed by atoms with van der Waals surface area (Å²) in [6, 6.07) is 16.4. The maximum absolute atomic E-state index is 10.3. The summed E-state index contributed by atoms with van der Waals surface area (Å²) in [5.41, 5.74) is 4.52. The second-order valence-electron chi connectivity index (χ2n) is 5.40. The lowest BCUT2D eigenvalue weighted by Gasteiger charge is -2.14. The van der Waals surface area contributed by atoms with Crippen LogP contribution in [0.1, 0.15) is 36.4 Å². The first-order chi connectivity index (χ1) is 10.2. The molecule has 1 atom stereocenters. The fourth-order valence-corrected chi connectivity index (χ4v) is 2.66. The highest BCUT2D eigenvalue weighted by Crippen LogP contribution is 2.24. The Morgan fingerprint density at radius 2 is 1.81 bits per heavy atom.